The third-order valence-electron chi connectivity index (χ3n) is 2.65. The quantitative estimate of drug-likeness (QED) is 0.784. The van der Waals surface area contributed by atoms with Crippen molar-refractivity contribution >= 4 is 6.09 Å². The predicted octanol–water partition coefficient (Wildman–Crippen LogP) is 2.14. The van der Waals surface area contributed by atoms with E-state index < -0.39 is 5.60 Å². The Balaban J connectivity index is 2.37. The number of hydrogen-bond donors (Lipinski definition) is 2. The number of amides is 1. The van der Waals surface area contributed by atoms with Crippen LogP contribution in [0.5, 0.6) is 0 Å². The van der Waals surface area contributed by atoms with Crippen LogP contribution >= 0.6 is 0 Å². The van der Waals surface area contributed by atoms with E-state index in [1.165, 1.54) is 0 Å². The van der Waals surface area contributed by atoms with Crippen LogP contribution < -0.4 is 5.32 Å². The highest BCUT2D eigenvalue weighted by Crippen LogP contribution is 2.11. The number of aromatic nitrogens is 2. The van der Waals surface area contributed by atoms with Gasteiger partial charge < -0.3 is 19.9 Å². The fraction of sp³-hybridized carbons (Fsp3) is 0.714. The fourth-order valence-electron chi connectivity index (χ4n) is 1.68. The van der Waals surface area contributed by atoms with Gasteiger partial charge in [0.2, 0.25) is 0 Å². The molecule has 0 bridgehead atoms. The van der Waals surface area contributed by atoms with Gasteiger partial charge in [0.05, 0.1) is 6.33 Å². The molecule has 1 aromatic rings. The molecule has 0 fully saturated rings. The molecule has 1 amide bonds. The molecule has 0 aromatic carbocycles. The zero-order chi connectivity index (χ0) is 15.2. The van der Waals surface area contributed by atoms with Crippen LogP contribution in [-0.2, 0) is 11.3 Å². The smallest absolute Gasteiger partial charge is 0.410 e. The highest BCUT2D eigenvalue weighted by Gasteiger charge is 2.23. The molecule has 1 aromatic heterocycles. The number of nitrogens with one attached hydrogen (secondary N) is 2. The van der Waals surface area contributed by atoms with E-state index in [1.54, 1.807) is 17.4 Å². The molecule has 0 saturated carbocycles. The number of imidazole rings is 1. The monoisotopic (exact) mass is 282 g/mol. The summed E-state index contributed by atoms with van der Waals surface area (Å²) in [5.41, 5.74) is 0.562. The average molecular weight is 282 g/mol. The molecule has 2 N–H and O–H groups in total. The van der Waals surface area contributed by atoms with Gasteiger partial charge in [-0.1, -0.05) is 0 Å². The molecule has 0 spiro atoms. The first kappa shape index (κ1) is 16.5. The van der Waals surface area contributed by atoms with E-state index in [0.717, 1.165) is 5.69 Å². The van der Waals surface area contributed by atoms with Gasteiger partial charge in [-0.25, -0.2) is 9.78 Å². The number of nitrogens with zero attached hydrogens (tertiary/aromatic N) is 2. The maximum absolute atomic E-state index is 12.1. The van der Waals surface area contributed by atoms with Crippen LogP contribution in [0.1, 0.15) is 40.3 Å². The molecular weight excluding hydrogens is 256 g/mol. The van der Waals surface area contributed by atoms with Gasteiger partial charge in [0.25, 0.3) is 0 Å². The van der Waals surface area contributed by atoms with Crippen molar-refractivity contribution in [2.75, 3.05) is 13.1 Å². The van der Waals surface area contributed by atoms with E-state index in [9.17, 15) is 4.79 Å². The molecule has 0 aliphatic rings. The highest BCUT2D eigenvalue weighted by molar-refractivity contribution is 5.68. The molecular formula is C14H26N4O2. The SMILES string of the molecule is CC(C)N(CCNCc1cnc[nH]1)C(=O)OC(C)(C)C. The molecule has 0 radical (unpaired) electrons. The molecule has 0 aliphatic heterocycles. The van der Waals surface area contributed by atoms with Crippen molar-refractivity contribution in [2.24, 2.45) is 0 Å². The summed E-state index contributed by atoms with van der Waals surface area (Å²) < 4.78 is 5.41. The third kappa shape index (κ3) is 6.06. The minimum Gasteiger partial charge on any atom is -0.444 e. The summed E-state index contributed by atoms with van der Waals surface area (Å²) in [6.07, 6.45) is 3.16. The van der Waals surface area contributed by atoms with Crippen LogP contribution in [0.15, 0.2) is 12.5 Å². The van der Waals surface area contributed by atoms with Crippen LogP contribution in [-0.4, -0.2) is 45.7 Å². The second-order valence-corrected chi connectivity index (χ2v) is 6.02. The highest BCUT2D eigenvalue weighted by atomic mass is 16.6. The van der Waals surface area contributed by atoms with Gasteiger partial charge in [-0.3, -0.25) is 0 Å². The number of hydrogen-bond acceptors (Lipinski definition) is 4. The number of H-pyrrole nitrogens is 1. The van der Waals surface area contributed by atoms with Crippen molar-refractivity contribution in [1.82, 2.24) is 20.2 Å². The number of carbonyl (C=O) groups is 1. The Morgan fingerprint density at radius 2 is 2.20 bits per heavy atom. The average Bonchev–Trinajstić information content (AvgIpc) is 2.78. The Hall–Kier alpha value is -1.56. The Bertz CT molecular complexity index is 396. The maximum Gasteiger partial charge on any atom is 0.410 e. The number of aromatic amines is 1. The standard InChI is InChI=1S/C14H26N4O2/c1-11(2)18(13(19)20-14(3,4)5)7-6-15-8-12-9-16-10-17-12/h9-11,15H,6-8H2,1-5H3,(H,16,17). The molecule has 0 saturated heterocycles. The van der Waals surface area contributed by atoms with Crippen molar-refractivity contribution < 1.29 is 9.53 Å². The Kier molecular flexibility index (Phi) is 6.01. The van der Waals surface area contributed by atoms with E-state index >= 15 is 0 Å². The van der Waals surface area contributed by atoms with Crippen molar-refractivity contribution in [3.8, 4) is 0 Å². The molecule has 1 heterocycles. The topological polar surface area (TPSA) is 70.2 Å². The molecule has 0 unspecified atom stereocenters. The van der Waals surface area contributed by atoms with E-state index in [1.807, 2.05) is 34.6 Å². The summed E-state index contributed by atoms with van der Waals surface area (Å²) in [7, 11) is 0. The van der Waals surface area contributed by atoms with Gasteiger partial charge in [-0.2, -0.15) is 0 Å². The van der Waals surface area contributed by atoms with Gasteiger partial charge >= 0.3 is 6.09 Å². The summed E-state index contributed by atoms with van der Waals surface area (Å²) >= 11 is 0. The lowest BCUT2D eigenvalue weighted by Crippen LogP contribution is -2.44. The van der Waals surface area contributed by atoms with Crippen LogP contribution in [0.2, 0.25) is 0 Å². The summed E-state index contributed by atoms with van der Waals surface area (Å²) in [5.74, 6) is 0. The van der Waals surface area contributed by atoms with Crippen LogP contribution in [0.4, 0.5) is 4.79 Å². The fourth-order valence-corrected chi connectivity index (χ4v) is 1.68. The lowest BCUT2D eigenvalue weighted by molar-refractivity contribution is 0.0193. The van der Waals surface area contributed by atoms with E-state index in [4.69, 9.17) is 4.74 Å². The Morgan fingerprint density at radius 1 is 1.50 bits per heavy atom. The molecule has 1 rings (SSSR count). The zero-order valence-electron chi connectivity index (χ0n) is 13.1. The van der Waals surface area contributed by atoms with Crippen molar-refractivity contribution in [3.63, 3.8) is 0 Å². The first-order valence-corrected chi connectivity index (χ1v) is 6.97. The third-order valence-corrected chi connectivity index (χ3v) is 2.65. The van der Waals surface area contributed by atoms with Crippen LogP contribution in [0, 0.1) is 0 Å². The normalized spacial score (nSPS) is 11.7. The zero-order valence-corrected chi connectivity index (χ0v) is 13.1. The Labute approximate surface area is 120 Å². The molecule has 6 nitrogen and oxygen atoms in total. The maximum atomic E-state index is 12.1. The van der Waals surface area contributed by atoms with Gasteiger partial charge in [-0.15, -0.1) is 0 Å². The number of carbonyl (C=O) groups excluding carboxylic acids is 1. The van der Waals surface area contributed by atoms with E-state index in [0.29, 0.717) is 19.6 Å². The molecule has 0 aliphatic carbocycles. The minimum absolute atomic E-state index is 0.110. The summed E-state index contributed by atoms with van der Waals surface area (Å²) in [4.78, 5) is 20.8. The van der Waals surface area contributed by atoms with Gasteiger partial charge in [-0.05, 0) is 34.6 Å². The second kappa shape index (κ2) is 7.28. The minimum atomic E-state index is -0.465. The second-order valence-electron chi connectivity index (χ2n) is 6.02. The van der Waals surface area contributed by atoms with Crippen molar-refractivity contribution in [3.05, 3.63) is 18.2 Å². The first-order chi connectivity index (χ1) is 9.29. The Morgan fingerprint density at radius 3 is 2.70 bits per heavy atom. The first-order valence-electron chi connectivity index (χ1n) is 6.97. The molecule has 114 valence electrons. The molecule has 6 heteroatoms. The van der Waals surface area contributed by atoms with E-state index in [2.05, 4.69) is 15.3 Å². The summed E-state index contributed by atoms with van der Waals surface area (Å²) in [6.45, 7) is 11.6. The predicted molar refractivity (Wildman–Crippen MR) is 78.4 cm³/mol. The van der Waals surface area contributed by atoms with E-state index in [-0.39, 0.29) is 12.1 Å². The van der Waals surface area contributed by atoms with Crippen LogP contribution in [0.3, 0.4) is 0 Å². The number of ether oxygens (including phenoxy) is 1. The lowest BCUT2D eigenvalue weighted by Gasteiger charge is -2.30. The summed E-state index contributed by atoms with van der Waals surface area (Å²) in [6, 6.07) is 0.110. The van der Waals surface area contributed by atoms with Crippen molar-refractivity contribution in [1.29, 1.82) is 0 Å². The molecule has 0 atom stereocenters. The van der Waals surface area contributed by atoms with Crippen molar-refractivity contribution in [2.45, 2.75) is 52.8 Å². The summed E-state index contributed by atoms with van der Waals surface area (Å²) in [5, 5.41) is 3.27. The van der Waals surface area contributed by atoms with Gasteiger partial charge in [0.15, 0.2) is 0 Å². The number of rotatable bonds is 6. The van der Waals surface area contributed by atoms with Gasteiger partial charge in [0.1, 0.15) is 5.60 Å². The molecule has 20 heavy (non-hydrogen) atoms. The largest absolute Gasteiger partial charge is 0.444 e. The van der Waals surface area contributed by atoms with Gasteiger partial charge in [0, 0.05) is 37.6 Å². The van der Waals surface area contributed by atoms with Crippen LogP contribution in [0.25, 0.3) is 0 Å². The lowest BCUT2D eigenvalue weighted by atomic mass is 10.2.